The normalized spacial score (nSPS) is 24.8. The van der Waals surface area contributed by atoms with Crippen molar-refractivity contribution in [3.8, 4) is 11.5 Å². The SMILES string of the molecule is O=C([C@H]1CCS(=O)(=O)C1)N1CCN(S(=O)(=O)c2ccc3c(c2)OCCCO3)CC1. The van der Waals surface area contributed by atoms with Crippen LogP contribution in [0.25, 0.3) is 0 Å². The van der Waals surface area contributed by atoms with Gasteiger partial charge in [0.15, 0.2) is 21.3 Å². The van der Waals surface area contributed by atoms with Crippen LogP contribution < -0.4 is 9.47 Å². The number of nitrogens with zero attached hydrogens (tertiary/aromatic N) is 2. The topological polar surface area (TPSA) is 110 Å². The van der Waals surface area contributed by atoms with Crippen molar-refractivity contribution in [1.82, 2.24) is 9.21 Å². The lowest BCUT2D eigenvalue weighted by Gasteiger charge is -2.35. The van der Waals surface area contributed by atoms with Gasteiger partial charge in [0, 0.05) is 38.7 Å². The first-order chi connectivity index (χ1) is 13.8. The minimum absolute atomic E-state index is 0.0435. The minimum atomic E-state index is -3.73. The fraction of sp³-hybridized carbons (Fsp3) is 0.611. The Morgan fingerprint density at radius 1 is 1.03 bits per heavy atom. The molecule has 0 aliphatic carbocycles. The number of hydrogen-bond donors (Lipinski definition) is 0. The molecule has 160 valence electrons. The first-order valence-corrected chi connectivity index (χ1v) is 12.9. The number of fused-ring (bicyclic) bond motifs is 1. The van der Waals surface area contributed by atoms with Gasteiger partial charge in [0.2, 0.25) is 15.9 Å². The lowest BCUT2D eigenvalue weighted by atomic mass is 10.1. The van der Waals surface area contributed by atoms with Crippen molar-refractivity contribution in [2.24, 2.45) is 5.92 Å². The molecule has 29 heavy (non-hydrogen) atoms. The molecule has 0 bridgehead atoms. The van der Waals surface area contributed by atoms with Gasteiger partial charge in [-0.2, -0.15) is 4.31 Å². The molecule has 4 rings (SSSR count). The fourth-order valence-corrected chi connectivity index (χ4v) is 7.02. The average molecular weight is 445 g/mol. The van der Waals surface area contributed by atoms with E-state index >= 15 is 0 Å². The quantitative estimate of drug-likeness (QED) is 0.651. The van der Waals surface area contributed by atoms with Crippen LogP contribution >= 0.6 is 0 Å². The first kappa shape index (κ1) is 20.4. The lowest BCUT2D eigenvalue weighted by molar-refractivity contribution is -0.135. The van der Waals surface area contributed by atoms with Crippen LogP contribution in [-0.2, 0) is 24.7 Å². The van der Waals surface area contributed by atoms with E-state index in [0.29, 0.717) is 31.1 Å². The van der Waals surface area contributed by atoms with Gasteiger partial charge in [-0.1, -0.05) is 0 Å². The molecule has 9 nitrogen and oxygen atoms in total. The molecule has 0 saturated carbocycles. The van der Waals surface area contributed by atoms with E-state index in [4.69, 9.17) is 9.47 Å². The zero-order valence-corrected chi connectivity index (χ0v) is 17.6. The Labute approximate surface area is 170 Å². The van der Waals surface area contributed by atoms with Crippen LogP contribution in [-0.4, -0.2) is 82.8 Å². The van der Waals surface area contributed by atoms with E-state index in [1.807, 2.05) is 0 Å². The second-order valence-electron chi connectivity index (χ2n) is 7.49. The summed E-state index contributed by atoms with van der Waals surface area (Å²) in [6, 6.07) is 4.59. The Morgan fingerprint density at radius 2 is 1.72 bits per heavy atom. The molecule has 3 heterocycles. The number of piperazine rings is 1. The molecule has 0 unspecified atom stereocenters. The number of hydrogen-bond acceptors (Lipinski definition) is 7. The largest absolute Gasteiger partial charge is 0.490 e. The minimum Gasteiger partial charge on any atom is -0.490 e. The van der Waals surface area contributed by atoms with Crippen LogP contribution in [0.1, 0.15) is 12.8 Å². The highest BCUT2D eigenvalue weighted by Crippen LogP contribution is 2.33. The summed E-state index contributed by atoms with van der Waals surface area (Å²) in [6.45, 7) is 1.83. The van der Waals surface area contributed by atoms with E-state index in [-0.39, 0.29) is 48.5 Å². The van der Waals surface area contributed by atoms with Gasteiger partial charge in [-0.25, -0.2) is 16.8 Å². The number of benzene rings is 1. The molecule has 1 atom stereocenters. The molecular weight excluding hydrogens is 420 g/mol. The van der Waals surface area contributed by atoms with Crippen molar-refractivity contribution < 1.29 is 31.1 Å². The van der Waals surface area contributed by atoms with Crippen LogP contribution in [0.5, 0.6) is 11.5 Å². The van der Waals surface area contributed by atoms with Crippen molar-refractivity contribution in [2.75, 3.05) is 50.9 Å². The van der Waals surface area contributed by atoms with Crippen molar-refractivity contribution in [3.05, 3.63) is 18.2 Å². The van der Waals surface area contributed by atoms with Gasteiger partial charge in [0.25, 0.3) is 0 Å². The highest BCUT2D eigenvalue weighted by Gasteiger charge is 2.37. The second-order valence-corrected chi connectivity index (χ2v) is 11.7. The monoisotopic (exact) mass is 444 g/mol. The highest BCUT2D eigenvalue weighted by molar-refractivity contribution is 7.91. The first-order valence-electron chi connectivity index (χ1n) is 9.65. The molecule has 0 radical (unpaired) electrons. The number of sulfonamides is 1. The maximum absolute atomic E-state index is 13.0. The third-order valence-electron chi connectivity index (χ3n) is 5.49. The van der Waals surface area contributed by atoms with Gasteiger partial charge in [-0.15, -0.1) is 0 Å². The summed E-state index contributed by atoms with van der Waals surface area (Å²) in [6.07, 6.45) is 1.08. The number of sulfone groups is 1. The van der Waals surface area contributed by atoms with E-state index in [1.54, 1.807) is 11.0 Å². The molecule has 1 amide bonds. The molecule has 1 aromatic carbocycles. The Hall–Kier alpha value is -1.85. The van der Waals surface area contributed by atoms with Gasteiger partial charge in [-0.05, 0) is 18.6 Å². The summed E-state index contributed by atoms with van der Waals surface area (Å²) in [5, 5.41) is 0. The summed E-state index contributed by atoms with van der Waals surface area (Å²) in [5.41, 5.74) is 0. The number of carbonyl (C=O) groups is 1. The predicted octanol–water partition coefficient (Wildman–Crippen LogP) is 0.116. The Balaban J connectivity index is 1.43. The zero-order chi connectivity index (χ0) is 20.6. The van der Waals surface area contributed by atoms with Gasteiger partial charge in [0.1, 0.15) is 0 Å². The summed E-state index contributed by atoms with van der Waals surface area (Å²) in [5.74, 6) is 0.176. The van der Waals surface area contributed by atoms with Gasteiger partial charge in [0.05, 0.1) is 35.5 Å². The highest BCUT2D eigenvalue weighted by atomic mass is 32.2. The van der Waals surface area contributed by atoms with E-state index < -0.39 is 25.8 Å². The summed E-state index contributed by atoms with van der Waals surface area (Å²) in [7, 11) is -6.87. The zero-order valence-electron chi connectivity index (χ0n) is 15.9. The standard InChI is InChI=1S/C18H24N2O7S2/c21-18(14-4-11-28(22,23)13-14)19-5-7-20(8-6-19)29(24,25)15-2-3-16-17(12-15)27-10-1-9-26-16/h2-3,12,14H,1,4-11,13H2/t14-/m0/s1. The lowest BCUT2D eigenvalue weighted by Crippen LogP contribution is -2.52. The molecule has 2 fully saturated rings. The number of amides is 1. The maximum atomic E-state index is 13.0. The average Bonchev–Trinajstić information content (AvgIpc) is 2.92. The fourth-order valence-electron chi connectivity index (χ4n) is 3.85. The predicted molar refractivity (Wildman–Crippen MR) is 104 cm³/mol. The van der Waals surface area contributed by atoms with Crippen LogP contribution in [0.4, 0.5) is 0 Å². The number of ether oxygens (including phenoxy) is 2. The Morgan fingerprint density at radius 3 is 2.38 bits per heavy atom. The molecule has 1 aromatic rings. The van der Waals surface area contributed by atoms with E-state index in [9.17, 15) is 21.6 Å². The second kappa shape index (κ2) is 7.77. The molecule has 11 heteroatoms. The van der Waals surface area contributed by atoms with Crippen LogP contribution in [0.3, 0.4) is 0 Å². The molecule has 2 saturated heterocycles. The van der Waals surface area contributed by atoms with Crippen molar-refractivity contribution in [1.29, 1.82) is 0 Å². The van der Waals surface area contributed by atoms with Crippen molar-refractivity contribution >= 4 is 25.8 Å². The molecular formula is C18H24N2O7S2. The van der Waals surface area contributed by atoms with Gasteiger partial charge < -0.3 is 14.4 Å². The Kier molecular flexibility index (Phi) is 5.47. The molecule has 3 aliphatic heterocycles. The van der Waals surface area contributed by atoms with Crippen molar-refractivity contribution in [2.45, 2.75) is 17.7 Å². The van der Waals surface area contributed by atoms with Gasteiger partial charge in [-0.3, -0.25) is 4.79 Å². The van der Waals surface area contributed by atoms with Crippen LogP contribution in [0, 0.1) is 5.92 Å². The molecule has 0 N–H and O–H groups in total. The van der Waals surface area contributed by atoms with E-state index in [2.05, 4.69) is 0 Å². The molecule has 0 aromatic heterocycles. The number of carbonyl (C=O) groups excluding carboxylic acids is 1. The van der Waals surface area contributed by atoms with E-state index in [1.165, 1.54) is 16.4 Å². The van der Waals surface area contributed by atoms with Crippen LogP contribution in [0.2, 0.25) is 0 Å². The summed E-state index contributed by atoms with van der Waals surface area (Å²) < 4.78 is 61.8. The number of rotatable bonds is 3. The Bertz CT molecular complexity index is 999. The molecule has 3 aliphatic rings. The van der Waals surface area contributed by atoms with Crippen molar-refractivity contribution in [3.63, 3.8) is 0 Å². The smallest absolute Gasteiger partial charge is 0.243 e. The third-order valence-corrected chi connectivity index (χ3v) is 9.15. The molecule has 0 spiro atoms. The summed E-state index contributed by atoms with van der Waals surface area (Å²) >= 11 is 0. The van der Waals surface area contributed by atoms with Gasteiger partial charge >= 0.3 is 0 Å². The maximum Gasteiger partial charge on any atom is 0.243 e. The van der Waals surface area contributed by atoms with Crippen LogP contribution in [0.15, 0.2) is 23.1 Å². The summed E-state index contributed by atoms with van der Waals surface area (Å²) in [4.78, 5) is 14.3. The third kappa shape index (κ3) is 4.22. The van der Waals surface area contributed by atoms with E-state index in [0.717, 1.165) is 6.42 Å².